The molecule has 0 heterocycles. The van der Waals surface area contributed by atoms with Crippen molar-refractivity contribution in [3.05, 3.63) is 34.9 Å². The van der Waals surface area contributed by atoms with Crippen LogP contribution >= 0.6 is 0 Å². The number of carbonyl (C=O) groups excluding carboxylic acids is 1. The molecule has 3 rings (SSSR count). The summed E-state index contributed by atoms with van der Waals surface area (Å²) in [5.41, 5.74) is 8.08. The lowest BCUT2D eigenvalue weighted by molar-refractivity contribution is -0.0454. The highest BCUT2D eigenvalue weighted by atomic mass is 19.3. The average Bonchev–Trinajstić information content (AvgIpc) is 2.69. The van der Waals surface area contributed by atoms with Crippen molar-refractivity contribution in [1.82, 2.24) is 10.6 Å². The van der Waals surface area contributed by atoms with Gasteiger partial charge in [-0.3, -0.25) is 4.79 Å². The molecule has 0 spiro atoms. The summed E-state index contributed by atoms with van der Waals surface area (Å²) in [6.07, 6.45) is 2.00. The van der Waals surface area contributed by atoms with E-state index in [-0.39, 0.29) is 30.4 Å². The summed E-state index contributed by atoms with van der Waals surface area (Å²) in [4.78, 5) is 11.6. The zero-order chi connectivity index (χ0) is 21.9. The van der Waals surface area contributed by atoms with Gasteiger partial charge in [-0.05, 0) is 48.6 Å². The second kappa shape index (κ2) is 9.28. The van der Waals surface area contributed by atoms with E-state index in [4.69, 9.17) is 10.5 Å². The monoisotopic (exact) mass is 423 g/mol. The van der Waals surface area contributed by atoms with Crippen molar-refractivity contribution in [1.29, 1.82) is 0 Å². The molecule has 4 N–H and O–H groups in total. The van der Waals surface area contributed by atoms with Crippen LogP contribution in [0.15, 0.2) is 18.2 Å². The highest BCUT2D eigenvalue weighted by Gasteiger charge is 2.42. The number of hydrogen-bond acceptors (Lipinski definition) is 4. The minimum absolute atomic E-state index is 0.01000. The van der Waals surface area contributed by atoms with E-state index in [2.05, 4.69) is 24.5 Å². The summed E-state index contributed by atoms with van der Waals surface area (Å²) in [6, 6.07) is 5.75. The fourth-order valence-corrected chi connectivity index (χ4v) is 5.01. The topological polar surface area (TPSA) is 76.4 Å². The number of ether oxygens (including phenoxy) is 1. The smallest absolute Gasteiger partial charge is 0.248 e. The Morgan fingerprint density at radius 2 is 1.93 bits per heavy atom. The van der Waals surface area contributed by atoms with E-state index in [9.17, 15) is 13.6 Å². The van der Waals surface area contributed by atoms with E-state index >= 15 is 0 Å². The number of alkyl halides is 2. The SMILES string of the molecule is CO[C@@H]1Cc2ccc(C(N)=O)cc2C(C)(C)[C@H]1NCCNCC1CCC(F)(F)CC1. The van der Waals surface area contributed by atoms with Crippen molar-refractivity contribution in [3.63, 3.8) is 0 Å². The summed E-state index contributed by atoms with van der Waals surface area (Å²) in [5.74, 6) is -2.55. The lowest BCUT2D eigenvalue weighted by Crippen LogP contribution is -2.57. The Labute approximate surface area is 178 Å². The van der Waals surface area contributed by atoms with Gasteiger partial charge in [0.05, 0.1) is 6.10 Å². The number of methoxy groups -OCH3 is 1. The molecule has 0 bridgehead atoms. The normalized spacial score (nSPS) is 25.6. The third-order valence-corrected chi connectivity index (χ3v) is 6.90. The third-order valence-electron chi connectivity index (χ3n) is 6.90. The predicted molar refractivity (Wildman–Crippen MR) is 114 cm³/mol. The van der Waals surface area contributed by atoms with Crippen molar-refractivity contribution in [2.75, 3.05) is 26.7 Å². The van der Waals surface area contributed by atoms with Gasteiger partial charge in [-0.2, -0.15) is 0 Å². The Balaban J connectivity index is 1.55. The Morgan fingerprint density at radius 1 is 1.23 bits per heavy atom. The summed E-state index contributed by atoms with van der Waals surface area (Å²) in [6.45, 7) is 6.63. The number of primary amides is 1. The van der Waals surface area contributed by atoms with E-state index in [1.807, 2.05) is 12.1 Å². The number of rotatable bonds is 8. The van der Waals surface area contributed by atoms with Crippen LogP contribution in [-0.4, -0.2) is 50.7 Å². The van der Waals surface area contributed by atoms with Gasteiger partial charge in [-0.15, -0.1) is 0 Å². The maximum atomic E-state index is 13.3. The van der Waals surface area contributed by atoms with Crippen LogP contribution in [0.4, 0.5) is 8.78 Å². The Hall–Kier alpha value is -1.57. The van der Waals surface area contributed by atoms with Gasteiger partial charge >= 0.3 is 0 Å². The van der Waals surface area contributed by atoms with E-state index in [0.717, 1.165) is 31.6 Å². The number of carbonyl (C=O) groups is 1. The molecular weight excluding hydrogens is 388 g/mol. The van der Waals surface area contributed by atoms with Crippen molar-refractivity contribution < 1.29 is 18.3 Å². The fraction of sp³-hybridized carbons (Fsp3) is 0.696. The van der Waals surface area contributed by atoms with Crippen molar-refractivity contribution in [2.45, 2.75) is 69.4 Å². The molecule has 0 aliphatic heterocycles. The van der Waals surface area contributed by atoms with Gasteiger partial charge in [-0.25, -0.2) is 8.78 Å². The lowest BCUT2D eigenvalue weighted by Gasteiger charge is -2.45. The van der Waals surface area contributed by atoms with E-state index in [1.165, 1.54) is 5.56 Å². The third kappa shape index (κ3) is 5.18. The number of nitrogens with two attached hydrogens (primary N) is 1. The van der Waals surface area contributed by atoms with Gasteiger partial charge in [0.1, 0.15) is 0 Å². The summed E-state index contributed by atoms with van der Waals surface area (Å²) in [5, 5.41) is 7.05. The summed E-state index contributed by atoms with van der Waals surface area (Å²) in [7, 11) is 1.73. The first-order valence-corrected chi connectivity index (χ1v) is 10.9. The van der Waals surface area contributed by atoms with Crippen LogP contribution in [0.3, 0.4) is 0 Å². The number of amides is 1. The molecular formula is C23H35F2N3O2. The second-order valence-electron chi connectivity index (χ2n) is 9.37. The molecule has 1 amide bonds. The highest BCUT2D eigenvalue weighted by Crippen LogP contribution is 2.39. The number of fused-ring (bicyclic) bond motifs is 1. The standard InChI is InChI=1S/C23H35F2N3O2/c1-22(2)18-12-17(21(26)29)5-4-16(18)13-19(30-3)20(22)28-11-10-27-14-15-6-8-23(24,25)9-7-15/h4-5,12,15,19-20,27-28H,6-11,13-14H2,1-3H3,(H2,26,29)/t19-,20+/m1/s1. The van der Waals surface area contributed by atoms with E-state index in [1.54, 1.807) is 13.2 Å². The summed E-state index contributed by atoms with van der Waals surface area (Å²) < 4.78 is 32.4. The largest absolute Gasteiger partial charge is 0.379 e. The van der Waals surface area contributed by atoms with Crippen molar-refractivity contribution in [2.24, 2.45) is 11.7 Å². The average molecular weight is 424 g/mol. The molecule has 0 radical (unpaired) electrons. The van der Waals surface area contributed by atoms with Crippen LogP contribution in [0.1, 0.15) is 61.0 Å². The molecule has 1 fully saturated rings. The van der Waals surface area contributed by atoms with Crippen LogP contribution in [-0.2, 0) is 16.6 Å². The molecule has 1 aromatic rings. The van der Waals surface area contributed by atoms with E-state index < -0.39 is 11.8 Å². The zero-order valence-corrected chi connectivity index (χ0v) is 18.3. The van der Waals surface area contributed by atoms with Gasteiger partial charge in [0, 0.05) is 56.5 Å². The number of hydrogen-bond donors (Lipinski definition) is 3. The molecule has 2 atom stereocenters. The maximum absolute atomic E-state index is 13.3. The van der Waals surface area contributed by atoms with Crippen LogP contribution < -0.4 is 16.4 Å². The summed E-state index contributed by atoms with van der Waals surface area (Å²) >= 11 is 0. The van der Waals surface area contributed by atoms with E-state index in [0.29, 0.717) is 24.3 Å². The molecule has 0 unspecified atom stereocenters. The number of halogens is 2. The highest BCUT2D eigenvalue weighted by molar-refractivity contribution is 5.93. The molecule has 7 heteroatoms. The van der Waals surface area contributed by atoms with Crippen molar-refractivity contribution in [3.8, 4) is 0 Å². The lowest BCUT2D eigenvalue weighted by atomic mass is 9.67. The maximum Gasteiger partial charge on any atom is 0.248 e. The molecule has 2 aliphatic carbocycles. The molecule has 0 saturated heterocycles. The fourth-order valence-electron chi connectivity index (χ4n) is 5.01. The number of benzene rings is 1. The first-order chi connectivity index (χ1) is 14.1. The predicted octanol–water partition coefficient (Wildman–Crippen LogP) is 3.01. The molecule has 2 aliphatic rings. The van der Waals surface area contributed by atoms with Crippen molar-refractivity contribution >= 4 is 5.91 Å². The van der Waals surface area contributed by atoms with Crippen LogP contribution in [0.5, 0.6) is 0 Å². The Bertz CT molecular complexity index is 744. The Morgan fingerprint density at radius 3 is 2.57 bits per heavy atom. The second-order valence-corrected chi connectivity index (χ2v) is 9.37. The minimum Gasteiger partial charge on any atom is -0.379 e. The first-order valence-electron chi connectivity index (χ1n) is 10.9. The van der Waals surface area contributed by atoms with Crippen LogP contribution in [0.2, 0.25) is 0 Å². The molecule has 0 aromatic heterocycles. The quantitative estimate of drug-likeness (QED) is 0.562. The Kier molecular flexibility index (Phi) is 7.15. The number of nitrogens with one attached hydrogen (secondary N) is 2. The molecule has 1 aromatic carbocycles. The van der Waals surface area contributed by atoms with Gasteiger partial charge < -0.3 is 21.1 Å². The van der Waals surface area contributed by atoms with Gasteiger partial charge in [-0.1, -0.05) is 19.9 Å². The molecule has 5 nitrogen and oxygen atoms in total. The molecule has 1 saturated carbocycles. The first kappa shape index (κ1) is 23.1. The van der Waals surface area contributed by atoms with Crippen LogP contribution in [0, 0.1) is 5.92 Å². The zero-order valence-electron chi connectivity index (χ0n) is 18.3. The van der Waals surface area contributed by atoms with Crippen LogP contribution in [0.25, 0.3) is 0 Å². The van der Waals surface area contributed by atoms with Gasteiger partial charge in [0.2, 0.25) is 11.8 Å². The minimum atomic E-state index is -2.47. The van der Waals surface area contributed by atoms with Gasteiger partial charge in [0.25, 0.3) is 0 Å². The molecule has 168 valence electrons. The molecule has 30 heavy (non-hydrogen) atoms. The van der Waals surface area contributed by atoms with Gasteiger partial charge in [0.15, 0.2) is 0 Å².